The Hall–Kier alpha value is -4.13. The molecule has 0 aliphatic carbocycles. The summed E-state index contributed by atoms with van der Waals surface area (Å²) in [5.74, 6) is -1.60. The SMILES string of the molecule is COc1ccccc1N1CCN(CCCCNS(=O)(=O)c2cccc3c(N(C)C)cccc23)CC1.O=C(O)/C=C\C(=O)O. The number of piperazine rings is 1. The predicted octanol–water partition coefficient (Wildman–Crippen LogP) is 3.51. The summed E-state index contributed by atoms with van der Waals surface area (Å²) >= 11 is 0. The molecular formula is C31H40N4O7S. The van der Waals surface area contributed by atoms with Gasteiger partial charge in [-0.05, 0) is 43.7 Å². The number of para-hydroxylation sites is 2. The summed E-state index contributed by atoms with van der Waals surface area (Å²) in [6.45, 7) is 5.32. The molecule has 11 nitrogen and oxygen atoms in total. The van der Waals surface area contributed by atoms with Crippen LogP contribution in [0.5, 0.6) is 5.75 Å². The monoisotopic (exact) mass is 612 g/mol. The third kappa shape index (κ3) is 9.70. The second kappa shape index (κ2) is 15.9. The van der Waals surface area contributed by atoms with Crippen molar-refractivity contribution in [2.45, 2.75) is 17.7 Å². The molecule has 0 atom stereocenters. The number of anilines is 2. The highest BCUT2D eigenvalue weighted by Gasteiger charge is 2.20. The van der Waals surface area contributed by atoms with Gasteiger partial charge in [0.1, 0.15) is 5.75 Å². The molecule has 0 saturated carbocycles. The first-order valence-corrected chi connectivity index (χ1v) is 15.4. The van der Waals surface area contributed by atoms with Gasteiger partial charge in [-0.2, -0.15) is 0 Å². The molecule has 4 rings (SSSR count). The molecule has 1 fully saturated rings. The summed E-state index contributed by atoms with van der Waals surface area (Å²) in [6.07, 6.45) is 2.88. The average Bonchev–Trinajstić information content (AvgIpc) is 2.99. The van der Waals surface area contributed by atoms with Crippen molar-refractivity contribution >= 4 is 44.1 Å². The average molecular weight is 613 g/mol. The van der Waals surface area contributed by atoms with E-state index < -0.39 is 22.0 Å². The molecule has 1 heterocycles. The highest BCUT2D eigenvalue weighted by Crippen LogP contribution is 2.30. The highest BCUT2D eigenvalue weighted by molar-refractivity contribution is 7.89. The van der Waals surface area contributed by atoms with Crippen molar-refractivity contribution in [1.82, 2.24) is 9.62 Å². The van der Waals surface area contributed by atoms with Crippen LogP contribution in [0.4, 0.5) is 11.4 Å². The highest BCUT2D eigenvalue weighted by atomic mass is 32.2. The molecule has 0 amide bonds. The van der Waals surface area contributed by atoms with Gasteiger partial charge in [-0.3, -0.25) is 4.90 Å². The van der Waals surface area contributed by atoms with E-state index >= 15 is 0 Å². The normalized spacial score (nSPS) is 13.9. The molecule has 43 heavy (non-hydrogen) atoms. The van der Waals surface area contributed by atoms with Gasteiger partial charge in [-0.1, -0.05) is 36.4 Å². The van der Waals surface area contributed by atoms with Gasteiger partial charge in [0.15, 0.2) is 0 Å². The summed E-state index contributed by atoms with van der Waals surface area (Å²) in [5, 5.41) is 17.3. The fraction of sp³-hybridized carbons (Fsp3) is 0.355. The minimum Gasteiger partial charge on any atom is -0.495 e. The van der Waals surface area contributed by atoms with Crippen LogP contribution in [0.25, 0.3) is 10.8 Å². The van der Waals surface area contributed by atoms with E-state index in [2.05, 4.69) is 20.6 Å². The van der Waals surface area contributed by atoms with Crippen molar-refractivity contribution < 1.29 is 33.0 Å². The first-order chi connectivity index (χ1) is 20.5. The molecule has 1 aliphatic rings. The molecule has 0 unspecified atom stereocenters. The van der Waals surface area contributed by atoms with Gasteiger partial charge >= 0.3 is 11.9 Å². The Bertz CT molecular complexity index is 1500. The molecule has 1 aliphatic heterocycles. The van der Waals surface area contributed by atoms with Gasteiger partial charge in [-0.15, -0.1) is 0 Å². The molecule has 1 saturated heterocycles. The van der Waals surface area contributed by atoms with Crippen molar-refractivity contribution in [3.05, 3.63) is 72.8 Å². The second-order valence-electron chi connectivity index (χ2n) is 10.1. The molecule has 232 valence electrons. The van der Waals surface area contributed by atoms with Crippen LogP contribution < -0.4 is 19.3 Å². The number of hydrogen-bond donors (Lipinski definition) is 3. The summed E-state index contributed by atoms with van der Waals surface area (Å²) in [6, 6.07) is 19.4. The van der Waals surface area contributed by atoms with E-state index in [0.717, 1.165) is 73.5 Å². The van der Waals surface area contributed by atoms with Crippen LogP contribution in [0.15, 0.2) is 77.7 Å². The Labute approximate surface area is 253 Å². The van der Waals surface area contributed by atoms with Gasteiger partial charge in [0.05, 0.1) is 17.7 Å². The number of aliphatic carboxylic acids is 2. The maximum absolute atomic E-state index is 13.1. The molecular weight excluding hydrogens is 572 g/mol. The number of carbonyl (C=O) groups is 2. The predicted molar refractivity (Wildman–Crippen MR) is 169 cm³/mol. The number of ether oxygens (including phenoxy) is 1. The van der Waals surface area contributed by atoms with Crippen LogP contribution in [0, 0.1) is 0 Å². The van der Waals surface area contributed by atoms with Crippen LogP contribution in [0.3, 0.4) is 0 Å². The van der Waals surface area contributed by atoms with Gasteiger partial charge in [0.2, 0.25) is 10.0 Å². The standard InChI is InChI=1S/C27H36N4O3S.C4H4O4/c1-29(2)24-13-8-11-23-22(24)10-9-15-27(23)35(32,33)28-16-6-7-17-30-18-20-31(21-19-30)25-12-4-5-14-26(25)34-3;5-3(6)1-2-4(7)8/h4-5,8-15,28H,6-7,16-21H2,1-3H3;1-2H,(H,5,6)(H,7,8)/b;2-1-. The van der Waals surface area contributed by atoms with Gasteiger partial charge in [0, 0.05) is 75.4 Å². The largest absolute Gasteiger partial charge is 0.495 e. The minimum atomic E-state index is -3.58. The number of methoxy groups -OCH3 is 1. The number of sulfonamides is 1. The molecule has 3 aromatic rings. The number of carboxylic acids is 2. The third-order valence-electron chi connectivity index (χ3n) is 6.99. The number of rotatable bonds is 12. The number of nitrogens with one attached hydrogen (secondary N) is 1. The maximum Gasteiger partial charge on any atom is 0.328 e. The van der Waals surface area contributed by atoms with Crippen LogP contribution in [0.1, 0.15) is 12.8 Å². The van der Waals surface area contributed by atoms with Crippen LogP contribution in [-0.4, -0.2) is 95.9 Å². The van der Waals surface area contributed by atoms with E-state index in [-0.39, 0.29) is 0 Å². The Balaban J connectivity index is 0.000000557. The van der Waals surface area contributed by atoms with Crippen LogP contribution in [-0.2, 0) is 19.6 Å². The third-order valence-corrected chi connectivity index (χ3v) is 8.51. The fourth-order valence-corrected chi connectivity index (χ4v) is 6.17. The van der Waals surface area contributed by atoms with E-state index in [1.165, 1.54) is 0 Å². The quantitative estimate of drug-likeness (QED) is 0.206. The molecule has 0 aromatic heterocycles. The van der Waals surface area contributed by atoms with Crippen molar-refractivity contribution in [3.63, 3.8) is 0 Å². The zero-order valence-corrected chi connectivity index (χ0v) is 25.6. The minimum absolute atomic E-state index is 0.339. The Kier molecular flexibility index (Phi) is 12.4. The first-order valence-electron chi connectivity index (χ1n) is 14.0. The molecule has 0 radical (unpaired) electrons. The zero-order chi connectivity index (χ0) is 31.4. The first kappa shape index (κ1) is 33.4. The van der Waals surface area contributed by atoms with Crippen molar-refractivity contribution in [2.75, 3.05) is 70.3 Å². The lowest BCUT2D eigenvalue weighted by molar-refractivity contribution is -0.134. The molecule has 3 aromatic carbocycles. The van der Waals surface area contributed by atoms with Gasteiger partial charge < -0.3 is 24.7 Å². The van der Waals surface area contributed by atoms with Gasteiger partial charge in [0.25, 0.3) is 0 Å². The lowest BCUT2D eigenvalue weighted by atomic mass is 10.1. The number of fused-ring (bicyclic) bond motifs is 1. The smallest absolute Gasteiger partial charge is 0.328 e. The summed E-state index contributed by atoms with van der Waals surface area (Å²) in [5.41, 5.74) is 2.15. The topological polar surface area (TPSA) is 140 Å². The molecule has 12 heteroatoms. The van der Waals surface area contributed by atoms with Crippen LogP contribution >= 0.6 is 0 Å². The lowest BCUT2D eigenvalue weighted by Crippen LogP contribution is -2.46. The molecule has 0 bridgehead atoms. The van der Waals surface area contributed by atoms with Crippen molar-refractivity contribution in [2.24, 2.45) is 0 Å². The summed E-state index contributed by atoms with van der Waals surface area (Å²) < 4.78 is 34.4. The van der Waals surface area contributed by atoms with Crippen molar-refractivity contribution in [1.29, 1.82) is 0 Å². The zero-order valence-electron chi connectivity index (χ0n) is 24.8. The summed E-state index contributed by atoms with van der Waals surface area (Å²) in [4.78, 5) is 26.3. The number of unbranched alkanes of at least 4 members (excludes halogenated alkanes) is 1. The van der Waals surface area contributed by atoms with Crippen molar-refractivity contribution in [3.8, 4) is 5.75 Å². The van der Waals surface area contributed by atoms with E-state index in [0.29, 0.717) is 23.6 Å². The van der Waals surface area contributed by atoms with E-state index in [1.54, 1.807) is 13.2 Å². The number of hydrogen-bond acceptors (Lipinski definition) is 8. The number of nitrogens with zero attached hydrogens (tertiary/aromatic N) is 3. The Morgan fingerprint density at radius 1 is 0.884 bits per heavy atom. The molecule has 0 spiro atoms. The fourth-order valence-electron chi connectivity index (χ4n) is 4.88. The Morgan fingerprint density at radius 2 is 1.51 bits per heavy atom. The van der Waals surface area contributed by atoms with Gasteiger partial charge in [-0.25, -0.2) is 22.7 Å². The summed E-state index contributed by atoms with van der Waals surface area (Å²) in [7, 11) is 2.06. The second-order valence-corrected chi connectivity index (χ2v) is 11.9. The van der Waals surface area contributed by atoms with E-state index in [9.17, 15) is 18.0 Å². The Morgan fingerprint density at radius 3 is 2.14 bits per heavy atom. The number of carboxylic acid groups (broad SMARTS) is 2. The van der Waals surface area contributed by atoms with E-state index in [1.807, 2.05) is 67.5 Å². The number of benzene rings is 3. The maximum atomic E-state index is 13.1. The van der Waals surface area contributed by atoms with E-state index in [4.69, 9.17) is 14.9 Å². The lowest BCUT2D eigenvalue weighted by Gasteiger charge is -2.36. The van der Waals surface area contributed by atoms with Crippen LogP contribution in [0.2, 0.25) is 0 Å². The molecule has 3 N–H and O–H groups in total.